The maximum atomic E-state index is 5.61. The van der Waals surface area contributed by atoms with Gasteiger partial charge in [-0.25, -0.2) is 9.97 Å². The van der Waals surface area contributed by atoms with Crippen LogP contribution in [-0.2, 0) is 11.3 Å². The molecule has 1 fully saturated rings. The van der Waals surface area contributed by atoms with Gasteiger partial charge in [-0.05, 0) is 12.8 Å². The first-order valence-corrected chi connectivity index (χ1v) is 7.83. The highest BCUT2D eigenvalue weighted by Gasteiger charge is 2.30. The number of anilines is 1. The van der Waals surface area contributed by atoms with E-state index in [0.29, 0.717) is 30.2 Å². The van der Waals surface area contributed by atoms with Crippen molar-refractivity contribution in [3.8, 4) is 5.88 Å². The average molecular weight is 318 g/mol. The van der Waals surface area contributed by atoms with E-state index >= 15 is 0 Å². The minimum absolute atomic E-state index is 0.285. The van der Waals surface area contributed by atoms with Crippen molar-refractivity contribution >= 4 is 5.95 Å². The van der Waals surface area contributed by atoms with Gasteiger partial charge in [-0.3, -0.25) is 0 Å². The first-order valence-electron chi connectivity index (χ1n) is 7.83. The van der Waals surface area contributed by atoms with Crippen LogP contribution in [0.2, 0.25) is 0 Å². The predicted octanol–water partition coefficient (Wildman–Crippen LogP) is 2.29. The maximum absolute atomic E-state index is 5.61. The molecule has 1 aliphatic rings. The number of rotatable bonds is 7. The molecule has 2 atom stereocenters. The van der Waals surface area contributed by atoms with Gasteiger partial charge in [0.1, 0.15) is 6.26 Å². The molecule has 0 radical (unpaired) electrons. The van der Waals surface area contributed by atoms with Crippen molar-refractivity contribution in [3.05, 3.63) is 30.6 Å². The van der Waals surface area contributed by atoms with Gasteiger partial charge < -0.3 is 18.8 Å². The lowest BCUT2D eigenvalue weighted by Gasteiger charge is -2.27. The van der Waals surface area contributed by atoms with Crippen LogP contribution in [-0.4, -0.2) is 41.8 Å². The van der Waals surface area contributed by atoms with E-state index in [-0.39, 0.29) is 6.10 Å². The van der Waals surface area contributed by atoms with E-state index in [9.17, 15) is 0 Å². The second-order valence-electron chi connectivity index (χ2n) is 5.67. The monoisotopic (exact) mass is 318 g/mol. The molecule has 0 amide bonds. The lowest BCUT2D eigenvalue weighted by Crippen LogP contribution is -2.34. The molecule has 0 saturated heterocycles. The van der Waals surface area contributed by atoms with Crippen molar-refractivity contribution in [2.24, 2.45) is 5.92 Å². The molecular formula is C16H22N4O3. The Morgan fingerprint density at radius 1 is 1.26 bits per heavy atom. The van der Waals surface area contributed by atoms with E-state index in [1.54, 1.807) is 38.9 Å². The highest BCUT2D eigenvalue weighted by atomic mass is 16.5. The molecule has 0 bridgehead atoms. The van der Waals surface area contributed by atoms with Gasteiger partial charge in [0, 0.05) is 31.8 Å². The summed E-state index contributed by atoms with van der Waals surface area (Å²) in [5.41, 5.74) is 0. The molecule has 0 spiro atoms. The molecule has 2 aromatic heterocycles. The van der Waals surface area contributed by atoms with Crippen LogP contribution in [0.3, 0.4) is 0 Å². The van der Waals surface area contributed by atoms with Gasteiger partial charge in [0.15, 0.2) is 0 Å². The number of methoxy groups -OCH3 is 2. The van der Waals surface area contributed by atoms with Crippen LogP contribution in [0.25, 0.3) is 0 Å². The lowest BCUT2D eigenvalue weighted by molar-refractivity contribution is 0.0730. The Morgan fingerprint density at radius 2 is 2.17 bits per heavy atom. The third kappa shape index (κ3) is 3.79. The fourth-order valence-electron chi connectivity index (χ4n) is 3.11. The zero-order chi connectivity index (χ0) is 16.1. The first-order chi connectivity index (χ1) is 11.3. The van der Waals surface area contributed by atoms with Crippen LogP contribution in [0, 0.1) is 5.92 Å². The first kappa shape index (κ1) is 15.7. The number of aromatic nitrogens is 3. The summed E-state index contributed by atoms with van der Waals surface area (Å²) in [7, 11) is 3.38. The Kier molecular flexibility index (Phi) is 5.07. The van der Waals surface area contributed by atoms with E-state index in [4.69, 9.17) is 13.9 Å². The third-order valence-corrected chi connectivity index (χ3v) is 4.27. The summed E-state index contributed by atoms with van der Waals surface area (Å²) in [5.74, 6) is 2.25. The van der Waals surface area contributed by atoms with Gasteiger partial charge in [0.2, 0.25) is 17.7 Å². The molecule has 7 heteroatoms. The molecule has 23 heavy (non-hydrogen) atoms. The minimum atomic E-state index is 0.285. The van der Waals surface area contributed by atoms with Crippen molar-refractivity contribution < 1.29 is 13.9 Å². The van der Waals surface area contributed by atoms with E-state index < -0.39 is 0 Å². The Labute approximate surface area is 135 Å². The zero-order valence-electron chi connectivity index (χ0n) is 13.5. The molecule has 0 aliphatic heterocycles. The lowest BCUT2D eigenvalue weighted by atomic mass is 10.1. The highest BCUT2D eigenvalue weighted by molar-refractivity contribution is 5.32. The van der Waals surface area contributed by atoms with Gasteiger partial charge in [-0.2, -0.15) is 4.98 Å². The number of oxazole rings is 1. The topological polar surface area (TPSA) is 73.5 Å². The second kappa shape index (κ2) is 7.41. The molecule has 2 unspecified atom stereocenters. The smallest absolute Gasteiger partial charge is 0.229 e. The number of nitrogens with zero attached hydrogens (tertiary/aromatic N) is 4. The largest absolute Gasteiger partial charge is 0.481 e. The Morgan fingerprint density at radius 3 is 2.91 bits per heavy atom. The van der Waals surface area contributed by atoms with Gasteiger partial charge >= 0.3 is 0 Å². The molecule has 7 nitrogen and oxygen atoms in total. The van der Waals surface area contributed by atoms with Crippen molar-refractivity contribution in [1.29, 1.82) is 0 Å². The normalized spacial score (nSPS) is 20.6. The fourth-order valence-corrected chi connectivity index (χ4v) is 3.11. The van der Waals surface area contributed by atoms with Crippen LogP contribution in [0.5, 0.6) is 5.88 Å². The molecular weight excluding hydrogens is 296 g/mol. The summed E-state index contributed by atoms with van der Waals surface area (Å²) in [6.45, 7) is 1.32. The van der Waals surface area contributed by atoms with E-state index in [1.807, 2.05) is 0 Å². The Bertz CT molecular complexity index is 605. The van der Waals surface area contributed by atoms with Crippen LogP contribution < -0.4 is 9.64 Å². The third-order valence-electron chi connectivity index (χ3n) is 4.27. The molecule has 124 valence electrons. The molecule has 2 aromatic rings. The van der Waals surface area contributed by atoms with Gasteiger partial charge in [0.25, 0.3) is 0 Å². The summed E-state index contributed by atoms with van der Waals surface area (Å²) in [6, 6.07) is 1.74. The molecule has 2 heterocycles. The van der Waals surface area contributed by atoms with E-state index in [2.05, 4.69) is 19.9 Å². The SMILES string of the molecule is COc1ccnc(N(Cc2ncco2)CC2CCCC2OC)n1. The minimum Gasteiger partial charge on any atom is -0.481 e. The van der Waals surface area contributed by atoms with Crippen LogP contribution in [0.4, 0.5) is 5.95 Å². The van der Waals surface area contributed by atoms with Crippen molar-refractivity contribution in [2.45, 2.75) is 31.9 Å². The predicted molar refractivity (Wildman–Crippen MR) is 84.3 cm³/mol. The van der Waals surface area contributed by atoms with Crippen LogP contribution in [0.1, 0.15) is 25.2 Å². The summed E-state index contributed by atoms with van der Waals surface area (Å²) >= 11 is 0. The van der Waals surface area contributed by atoms with Crippen molar-refractivity contribution in [1.82, 2.24) is 15.0 Å². The zero-order valence-corrected chi connectivity index (χ0v) is 13.5. The van der Waals surface area contributed by atoms with E-state index in [1.165, 1.54) is 6.42 Å². The Hall–Kier alpha value is -2.15. The Balaban J connectivity index is 1.80. The maximum Gasteiger partial charge on any atom is 0.229 e. The average Bonchev–Trinajstić information content (AvgIpc) is 3.25. The van der Waals surface area contributed by atoms with Crippen molar-refractivity contribution in [3.63, 3.8) is 0 Å². The molecule has 3 rings (SSSR count). The van der Waals surface area contributed by atoms with Gasteiger partial charge in [0.05, 0.1) is 26.0 Å². The summed E-state index contributed by atoms with van der Waals surface area (Å²) in [4.78, 5) is 15.1. The number of hydrogen-bond acceptors (Lipinski definition) is 7. The van der Waals surface area contributed by atoms with Gasteiger partial charge in [-0.1, -0.05) is 6.42 Å². The van der Waals surface area contributed by atoms with Crippen molar-refractivity contribution in [2.75, 3.05) is 25.7 Å². The number of hydrogen-bond donors (Lipinski definition) is 0. The molecule has 0 aromatic carbocycles. The summed E-state index contributed by atoms with van der Waals surface area (Å²) in [6.07, 6.45) is 8.65. The van der Waals surface area contributed by atoms with E-state index in [0.717, 1.165) is 19.4 Å². The molecule has 1 aliphatic carbocycles. The standard InChI is InChI=1S/C16H22N4O3/c1-21-13-5-3-4-12(13)10-20(11-15-17-8-9-23-15)16-18-7-6-14(19-16)22-2/h6-9,12-13H,3-5,10-11H2,1-2H3. The summed E-state index contributed by atoms with van der Waals surface area (Å²) in [5, 5.41) is 0. The number of ether oxygens (including phenoxy) is 2. The van der Waals surface area contributed by atoms with Crippen LogP contribution in [0.15, 0.2) is 29.1 Å². The highest BCUT2D eigenvalue weighted by Crippen LogP contribution is 2.30. The van der Waals surface area contributed by atoms with Crippen LogP contribution >= 0.6 is 0 Å². The van der Waals surface area contributed by atoms with Gasteiger partial charge in [-0.15, -0.1) is 0 Å². The molecule has 1 saturated carbocycles. The molecule has 0 N–H and O–H groups in total. The summed E-state index contributed by atoms with van der Waals surface area (Å²) < 4.78 is 16.2. The quantitative estimate of drug-likeness (QED) is 0.775. The fraction of sp³-hybridized carbons (Fsp3) is 0.562. The second-order valence-corrected chi connectivity index (χ2v) is 5.67.